The van der Waals surface area contributed by atoms with Gasteiger partial charge >= 0.3 is 0 Å². The Morgan fingerprint density at radius 3 is 2.30 bits per heavy atom. The first-order valence-electron chi connectivity index (χ1n) is 7.33. The minimum atomic E-state index is -0.388. The number of aldehydes is 1. The van der Waals surface area contributed by atoms with E-state index in [9.17, 15) is 15.0 Å². The minimum absolute atomic E-state index is 0.327. The van der Waals surface area contributed by atoms with Gasteiger partial charge in [-0.2, -0.15) is 0 Å². The number of hydrogen-bond donors (Lipinski definition) is 2. The Hall–Kier alpha value is -1.39. The van der Waals surface area contributed by atoms with Crippen molar-refractivity contribution in [3.05, 3.63) is 29.8 Å². The molecule has 3 rings (SSSR count). The zero-order valence-electron chi connectivity index (χ0n) is 11.5. The van der Waals surface area contributed by atoms with Crippen LogP contribution in [0.15, 0.2) is 24.3 Å². The number of hydrogen-bond acceptors (Lipinski definition) is 4. The standard InChI is InChI=1S/C16H21NO3/c18-11-12-3-1-2-4-13(12)17-9-7-16(8-10-17)14(19)5-6-15(16)20/h1-4,11,14-15,19-20H,5-10H2. The maximum absolute atomic E-state index is 11.1. The van der Waals surface area contributed by atoms with E-state index < -0.39 is 0 Å². The average molecular weight is 275 g/mol. The van der Waals surface area contributed by atoms with Crippen LogP contribution in [-0.2, 0) is 0 Å². The van der Waals surface area contributed by atoms with Crippen LogP contribution in [0.3, 0.4) is 0 Å². The molecule has 1 heterocycles. The normalized spacial score (nSPS) is 28.8. The summed E-state index contributed by atoms with van der Waals surface area (Å²) in [6.07, 6.45) is 3.07. The number of para-hydroxylation sites is 1. The highest BCUT2D eigenvalue weighted by Crippen LogP contribution is 2.47. The maximum Gasteiger partial charge on any atom is 0.152 e. The van der Waals surface area contributed by atoms with Gasteiger partial charge in [-0.1, -0.05) is 12.1 Å². The van der Waals surface area contributed by atoms with E-state index in [1.165, 1.54) is 0 Å². The molecule has 1 saturated heterocycles. The number of piperidine rings is 1. The zero-order valence-corrected chi connectivity index (χ0v) is 11.5. The Labute approximate surface area is 119 Å². The molecular formula is C16H21NO3. The fourth-order valence-corrected chi connectivity index (χ4v) is 3.82. The highest BCUT2D eigenvalue weighted by atomic mass is 16.3. The fraction of sp³-hybridized carbons (Fsp3) is 0.562. The third-order valence-electron chi connectivity index (χ3n) is 5.14. The summed E-state index contributed by atoms with van der Waals surface area (Å²) in [6, 6.07) is 7.59. The van der Waals surface area contributed by atoms with Crippen LogP contribution in [0.25, 0.3) is 0 Å². The average Bonchev–Trinajstić information content (AvgIpc) is 2.77. The summed E-state index contributed by atoms with van der Waals surface area (Å²) >= 11 is 0. The zero-order chi connectivity index (χ0) is 14.2. The fourth-order valence-electron chi connectivity index (χ4n) is 3.82. The number of carbonyl (C=O) groups excluding carboxylic acids is 1. The van der Waals surface area contributed by atoms with Crippen molar-refractivity contribution in [2.45, 2.75) is 37.9 Å². The van der Waals surface area contributed by atoms with E-state index in [0.717, 1.165) is 37.9 Å². The Kier molecular flexibility index (Phi) is 3.52. The van der Waals surface area contributed by atoms with Gasteiger partial charge in [0.05, 0.1) is 12.2 Å². The number of nitrogens with zero attached hydrogens (tertiary/aromatic N) is 1. The quantitative estimate of drug-likeness (QED) is 0.805. The molecule has 0 aromatic heterocycles. The topological polar surface area (TPSA) is 60.8 Å². The van der Waals surface area contributed by atoms with Crippen LogP contribution in [0.1, 0.15) is 36.0 Å². The van der Waals surface area contributed by atoms with Crippen molar-refractivity contribution in [2.24, 2.45) is 5.41 Å². The summed E-state index contributed by atoms with van der Waals surface area (Å²) in [5.74, 6) is 0. The Morgan fingerprint density at radius 1 is 1.10 bits per heavy atom. The van der Waals surface area contributed by atoms with Gasteiger partial charge in [0.1, 0.15) is 0 Å². The molecule has 0 bridgehead atoms. The summed E-state index contributed by atoms with van der Waals surface area (Å²) in [5.41, 5.74) is 1.34. The molecule has 0 radical (unpaired) electrons. The van der Waals surface area contributed by atoms with Crippen LogP contribution in [0, 0.1) is 5.41 Å². The number of aliphatic hydroxyl groups is 2. The molecule has 1 aliphatic carbocycles. The largest absolute Gasteiger partial charge is 0.392 e. The van der Waals surface area contributed by atoms with E-state index in [0.29, 0.717) is 18.4 Å². The molecule has 4 nitrogen and oxygen atoms in total. The van der Waals surface area contributed by atoms with Gasteiger partial charge in [-0.15, -0.1) is 0 Å². The first-order chi connectivity index (χ1) is 9.67. The van der Waals surface area contributed by atoms with Crippen molar-refractivity contribution in [3.8, 4) is 0 Å². The summed E-state index contributed by atoms with van der Waals surface area (Å²) in [6.45, 7) is 1.55. The number of aliphatic hydroxyl groups excluding tert-OH is 2. The maximum atomic E-state index is 11.1. The van der Waals surface area contributed by atoms with Gasteiger partial charge in [0.15, 0.2) is 6.29 Å². The first kappa shape index (κ1) is 13.6. The van der Waals surface area contributed by atoms with Crippen LogP contribution < -0.4 is 4.90 Å². The molecule has 1 saturated carbocycles. The van der Waals surface area contributed by atoms with E-state index >= 15 is 0 Å². The molecule has 1 aromatic rings. The third-order valence-corrected chi connectivity index (χ3v) is 5.14. The molecule has 4 heteroatoms. The van der Waals surface area contributed by atoms with Gasteiger partial charge in [0, 0.05) is 29.8 Å². The first-order valence-corrected chi connectivity index (χ1v) is 7.33. The van der Waals surface area contributed by atoms with Gasteiger partial charge < -0.3 is 15.1 Å². The molecular weight excluding hydrogens is 254 g/mol. The Morgan fingerprint density at radius 2 is 1.70 bits per heavy atom. The smallest absolute Gasteiger partial charge is 0.152 e. The predicted molar refractivity (Wildman–Crippen MR) is 77.0 cm³/mol. The van der Waals surface area contributed by atoms with Gasteiger partial charge in [-0.25, -0.2) is 0 Å². The lowest BCUT2D eigenvalue weighted by Crippen LogP contribution is -2.49. The molecule has 2 unspecified atom stereocenters. The van der Waals surface area contributed by atoms with Crippen LogP contribution in [0.4, 0.5) is 5.69 Å². The number of anilines is 1. The molecule has 2 aliphatic rings. The molecule has 1 aliphatic heterocycles. The van der Waals surface area contributed by atoms with Gasteiger partial charge in [0.2, 0.25) is 0 Å². The van der Waals surface area contributed by atoms with E-state index in [1.54, 1.807) is 0 Å². The van der Waals surface area contributed by atoms with Crippen molar-refractivity contribution < 1.29 is 15.0 Å². The van der Waals surface area contributed by atoms with E-state index in [1.807, 2.05) is 24.3 Å². The lowest BCUT2D eigenvalue weighted by molar-refractivity contribution is -0.0402. The SMILES string of the molecule is O=Cc1ccccc1N1CCC2(CC1)C(O)CCC2O. The Bertz CT molecular complexity index is 482. The van der Waals surface area contributed by atoms with Crippen molar-refractivity contribution in [1.82, 2.24) is 0 Å². The van der Waals surface area contributed by atoms with Crippen LogP contribution in [-0.4, -0.2) is 41.8 Å². The third kappa shape index (κ3) is 2.03. The van der Waals surface area contributed by atoms with Crippen molar-refractivity contribution in [2.75, 3.05) is 18.0 Å². The molecule has 1 spiro atoms. The second kappa shape index (κ2) is 5.19. The van der Waals surface area contributed by atoms with Crippen molar-refractivity contribution in [1.29, 1.82) is 0 Å². The molecule has 2 atom stereocenters. The molecule has 2 fully saturated rings. The number of rotatable bonds is 2. The van der Waals surface area contributed by atoms with Crippen LogP contribution in [0.2, 0.25) is 0 Å². The summed E-state index contributed by atoms with van der Waals surface area (Å²) in [4.78, 5) is 13.3. The second-order valence-electron chi connectivity index (χ2n) is 6.01. The lowest BCUT2D eigenvalue weighted by atomic mass is 9.73. The van der Waals surface area contributed by atoms with E-state index in [-0.39, 0.29) is 17.6 Å². The molecule has 2 N–H and O–H groups in total. The predicted octanol–water partition coefficient (Wildman–Crippen LogP) is 1.60. The van der Waals surface area contributed by atoms with E-state index in [2.05, 4.69) is 4.90 Å². The summed E-state index contributed by atoms with van der Waals surface area (Å²) < 4.78 is 0. The summed E-state index contributed by atoms with van der Waals surface area (Å²) in [5, 5.41) is 20.4. The van der Waals surface area contributed by atoms with Crippen LogP contribution in [0.5, 0.6) is 0 Å². The molecule has 1 aromatic carbocycles. The van der Waals surface area contributed by atoms with Gasteiger partial charge in [0.25, 0.3) is 0 Å². The van der Waals surface area contributed by atoms with Gasteiger partial charge in [-0.05, 0) is 37.8 Å². The van der Waals surface area contributed by atoms with Gasteiger partial charge in [-0.3, -0.25) is 4.79 Å². The minimum Gasteiger partial charge on any atom is -0.392 e. The highest BCUT2D eigenvalue weighted by molar-refractivity contribution is 5.84. The highest BCUT2D eigenvalue weighted by Gasteiger charge is 2.50. The summed E-state index contributed by atoms with van der Waals surface area (Å²) in [7, 11) is 0. The molecule has 108 valence electrons. The number of benzene rings is 1. The van der Waals surface area contributed by atoms with Crippen molar-refractivity contribution >= 4 is 12.0 Å². The second-order valence-corrected chi connectivity index (χ2v) is 6.01. The lowest BCUT2D eigenvalue weighted by Gasteiger charge is -2.44. The van der Waals surface area contributed by atoms with Crippen LogP contribution >= 0.6 is 0 Å². The Balaban J connectivity index is 1.77. The van der Waals surface area contributed by atoms with Crippen molar-refractivity contribution in [3.63, 3.8) is 0 Å². The molecule has 20 heavy (non-hydrogen) atoms. The number of carbonyl (C=O) groups is 1. The van der Waals surface area contributed by atoms with E-state index in [4.69, 9.17) is 0 Å². The monoisotopic (exact) mass is 275 g/mol. The molecule has 0 amide bonds.